The molecule has 1 heterocycles. The van der Waals surface area contributed by atoms with Gasteiger partial charge in [-0.25, -0.2) is 9.97 Å². The maximum atomic E-state index is 5.25. The third-order valence-electron chi connectivity index (χ3n) is 1.98. The normalized spacial score (nSPS) is 9.88. The van der Waals surface area contributed by atoms with E-state index in [1.54, 1.807) is 25.6 Å². The number of hydrogen-bond donors (Lipinski definition) is 1. The van der Waals surface area contributed by atoms with E-state index < -0.39 is 0 Å². The first-order valence-electron chi connectivity index (χ1n) is 4.67. The van der Waals surface area contributed by atoms with E-state index in [2.05, 4.69) is 31.2 Å². The molecule has 2 rings (SSSR count). The average Bonchev–Trinajstić information content (AvgIpc) is 2.33. The molecule has 1 aromatic heterocycles. The van der Waals surface area contributed by atoms with E-state index in [0.29, 0.717) is 5.95 Å². The fourth-order valence-electron chi connectivity index (χ4n) is 1.25. The van der Waals surface area contributed by atoms with Crippen molar-refractivity contribution in [1.82, 2.24) is 9.97 Å². The molecule has 2 aromatic rings. The summed E-state index contributed by atoms with van der Waals surface area (Å²) in [4.78, 5) is 8.16. The van der Waals surface area contributed by atoms with Crippen molar-refractivity contribution in [2.45, 2.75) is 0 Å². The van der Waals surface area contributed by atoms with Gasteiger partial charge in [0, 0.05) is 16.9 Å². The molecule has 0 bridgehead atoms. The highest BCUT2D eigenvalue weighted by Crippen LogP contribution is 2.29. The lowest BCUT2D eigenvalue weighted by molar-refractivity contribution is 0.416. The summed E-state index contributed by atoms with van der Waals surface area (Å²) < 4.78 is 6.21. The SMILES string of the molecule is COc1cc(Br)ccc1Nc1ncccn1. The smallest absolute Gasteiger partial charge is 0.227 e. The first-order valence-corrected chi connectivity index (χ1v) is 5.46. The Kier molecular flexibility index (Phi) is 3.36. The first-order chi connectivity index (χ1) is 7.79. The van der Waals surface area contributed by atoms with E-state index in [1.165, 1.54) is 0 Å². The van der Waals surface area contributed by atoms with Crippen molar-refractivity contribution in [3.8, 4) is 5.75 Å². The van der Waals surface area contributed by atoms with Crippen LogP contribution < -0.4 is 10.1 Å². The number of nitrogens with zero attached hydrogens (tertiary/aromatic N) is 2. The van der Waals surface area contributed by atoms with Gasteiger partial charge in [0.25, 0.3) is 0 Å². The second kappa shape index (κ2) is 4.94. The zero-order valence-electron chi connectivity index (χ0n) is 8.64. The minimum atomic E-state index is 0.545. The lowest BCUT2D eigenvalue weighted by Gasteiger charge is -2.09. The van der Waals surface area contributed by atoms with Crippen LogP contribution in [0.4, 0.5) is 11.6 Å². The van der Waals surface area contributed by atoms with Gasteiger partial charge in [-0.3, -0.25) is 0 Å². The van der Waals surface area contributed by atoms with E-state index in [1.807, 2.05) is 18.2 Å². The van der Waals surface area contributed by atoms with Gasteiger partial charge in [0.05, 0.1) is 12.8 Å². The molecule has 0 aliphatic carbocycles. The Labute approximate surface area is 102 Å². The minimum Gasteiger partial charge on any atom is -0.495 e. The van der Waals surface area contributed by atoms with Gasteiger partial charge in [-0.2, -0.15) is 0 Å². The predicted molar refractivity (Wildman–Crippen MR) is 66.0 cm³/mol. The molecule has 0 saturated carbocycles. The van der Waals surface area contributed by atoms with Crippen molar-refractivity contribution < 1.29 is 4.74 Å². The van der Waals surface area contributed by atoms with E-state index in [4.69, 9.17) is 4.74 Å². The van der Waals surface area contributed by atoms with Crippen molar-refractivity contribution in [2.75, 3.05) is 12.4 Å². The van der Waals surface area contributed by atoms with Crippen LogP contribution in [0.15, 0.2) is 41.1 Å². The van der Waals surface area contributed by atoms with Crippen LogP contribution in [0.25, 0.3) is 0 Å². The van der Waals surface area contributed by atoms with Crippen molar-refractivity contribution in [3.63, 3.8) is 0 Å². The van der Waals surface area contributed by atoms with E-state index >= 15 is 0 Å². The van der Waals surface area contributed by atoms with Gasteiger partial charge in [0.1, 0.15) is 5.75 Å². The Morgan fingerprint density at radius 1 is 1.25 bits per heavy atom. The second-order valence-electron chi connectivity index (χ2n) is 3.04. The van der Waals surface area contributed by atoms with E-state index in [9.17, 15) is 0 Å². The number of rotatable bonds is 3. The largest absolute Gasteiger partial charge is 0.495 e. The summed E-state index contributed by atoms with van der Waals surface area (Å²) in [6.07, 6.45) is 3.36. The Morgan fingerprint density at radius 3 is 2.69 bits per heavy atom. The van der Waals surface area contributed by atoms with Crippen molar-refractivity contribution in [1.29, 1.82) is 0 Å². The number of benzene rings is 1. The van der Waals surface area contributed by atoms with Crippen molar-refractivity contribution in [3.05, 3.63) is 41.1 Å². The molecule has 0 spiro atoms. The van der Waals surface area contributed by atoms with Crippen LogP contribution in [0.1, 0.15) is 0 Å². The summed E-state index contributed by atoms with van der Waals surface area (Å²) in [5.74, 6) is 1.28. The Hall–Kier alpha value is -1.62. The van der Waals surface area contributed by atoms with Gasteiger partial charge >= 0.3 is 0 Å². The number of aromatic nitrogens is 2. The maximum absolute atomic E-state index is 5.25. The zero-order valence-corrected chi connectivity index (χ0v) is 10.2. The third kappa shape index (κ3) is 2.49. The Bertz CT molecular complexity index is 476. The molecule has 0 aliphatic rings. The number of halogens is 1. The molecule has 1 N–H and O–H groups in total. The molecular weight excluding hydrogens is 270 g/mol. The van der Waals surface area contributed by atoms with Crippen LogP contribution in [0.3, 0.4) is 0 Å². The average molecular weight is 280 g/mol. The minimum absolute atomic E-state index is 0.545. The number of ether oxygens (including phenoxy) is 1. The molecule has 0 unspecified atom stereocenters. The molecule has 5 heteroatoms. The van der Waals surface area contributed by atoms with Crippen molar-refractivity contribution >= 4 is 27.6 Å². The van der Waals surface area contributed by atoms with Crippen LogP contribution >= 0.6 is 15.9 Å². The van der Waals surface area contributed by atoms with Gasteiger partial charge in [0.2, 0.25) is 5.95 Å². The lowest BCUT2D eigenvalue weighted by atomic mass is 10.3. The standard InChI is InChI=1S/C11H10BrN3O/c1-16-10-7-8(12)3-4-9(10)15-11-13-5-2-6-14-11/h2-7H,1H3,(H,13,14,15). The summed E-state index contributed by atoms with van der Waals surface area (Å²) in [7, 11) is 1.62. The highest BCUT2D eigenvalue weighted by atomic mass is 79.9. The molecule has 82 valence electrons. The van der Waals surface area contributed by atoms with Crippen LogP contribution in [-0.2, 0) is 0 Å². The monoisotopic (exact) mass is 279 g/mol. The number of anilines is 2. The van der Waals surface area contributed by atoms with Gasteiger partial charge in [-0.05, 0) is 24.3 Å². The van der Waals surface area contributed by atoms with Crippen LogP contribution in [-0.4, -0.2) is 17.1 Å². The van der Waals surface area contributed by atoms with E-state index in [-0.39, 0.29) is 0 Å². The van der Waals surface area contributed by atoms with E-state index in [0.717, 1.165) is 15.9 Å². The molecule has 0 amide bonds. The summed E-state index contributed by atoms with van der Waals surface area (Å²) in [5, 5.41) is 3.08. The molecule has 16 heavy (non-hydrogen) atoms. The van der Waals surface area contributed by atoms with Gasteiger partial charge < -0.3 is 10.1 Å². The van der Waals surface area contributed by atoms with Gasteiger partial charge in [-0.1, -0.05) is 15.9 Å². The second-order valence-corrected chi connectivity index (χ2v) is 3.96. The molecule has 1 aromatic carbocycles. The van der Waals surface area contributed by atoms with Gasteiger partial charge in [-0.15, -0.1) is 0 Å². The summed E-state index contributed by atoms with van der Waals surface area (Å²) in [5.41, 5.74) is 0.830. The maximum Gasteiger partial charge on any atom is 0.227 e. The first kappa shape index (κ1) is 10.9. The highest BCUT2D eigenvalue weighted by molar-refractivity contribution is 9.10. The number of nitrogens with one attached hydrogen (secondary N) is 1. The molecular formula is C11H10BrN3O. The molecule has 4 nitrogen and oxygen atoms in total. The summed E-state index contributed by atoms with van der Waals surface area (Å²) in [6.45, 7) is 0. The fraction of sp³-hybridized carbons (Fsp3) is 0.0909. The molecule has 0 atom stereocenters. The zero-order chi connectivity index (χ0) is 11.4. The predicted octanol–water partition coefficient (Wildman–Crippen LogP) is 2.99. The fourth-order valence-corrected chi connectivity index (χ4v) is 1.59. The molecule has 0 aliphatic heterocycles. The van der Waals surface area contributed by atoms with Crippen LogP contribution in [0.5, 0.6) is 5.75 Å². The lowest BCUT2D eigenvalue weighted by Crippen LogP contribution is -1.98. The third-order valence-corrected chi connectivity index (χ3v) is 2.47. The quantitative estimate of drug-likeness (QED) is 0.938. The summed E-state index contributed by atoms with van der Waals surface area (Å²) >= 11 is 3.38. The topological polar surface area (TPSA) is 47.0 Å². The number of methoxy groups -OCH3 is 1. The van der Waals surface area contributed by atoms with Gasteiger partial charge in [0.15, 0.2) is 0 Å². The van der Waals surface area contributed by atoms with Crippen molar-refractivity contribution in [2.24, 2.45) is 0 Å². The van der Waals surface area contributed by atoms with Crippen LogP contribution in [0.2, 0.25) is 0 Å². The highest BCUT2D eigenvalue weighted by Gasteiger charge is 2.04. The Balaban J connectivity index is 2.28. The Morgan fingerprint density at radius 2 is 2.00 bits per heavy atom. The molecule has 0 radical (unpaired) electrons. The van der Waals surface area contributed by atoms with Crippen LogP contribution in [0, 0.1) is 0 Å². The molecule has 0 fully saturated rings. The molecule has 0 saturated heterocycles. The number of hydrogen-bond acceptors (Lipinski definition) is 4. The summed E-state index contributed by atoms with van der Waals surface area (Å²) in [6, 6.07) is 7.47.